The van der Waals surface area contributed by atoms with E-state index in [9.17, 15) is 5.11 Å². The second kappa shape index (κ2) is 6.19. The molecule has 0 amide bonds. The molecule has 1 N–H and O–H groups in total. The summed E-state index contributed by atoms with van der Waals surface area (Å²) in [6.45, 7) is 4.31. The minimum Gasteiger partial charge on any atom is -0.392 e. The van der Waals surface area contributed by atoms with E-state index in [1.165, 1.54) is 22.3 Å². The Hall–Kier alpha value is -2.91. The van der Waals surface area contributed by atoms with Crippen LogP contribution in [-0.4, -0.2) is 14.5 Å². The van der Waals surface area contributed by atoms with Crippen LogP contribution >= 0.6 is 0 Å². The summed E-state index contributed by atoms with van der Waals surface area (Å²) in [5.41, 5.74) is 8.79. The summed E-state index contributed by atoms with van der Waals surface area (Å²) in [6.07, 6.45) is 3.95. The standard InChI is InChI=1S/C22H20N2O/c1-15-3-4-20(11-16(15)2)18-5-7-19(8-6-18)21-13-24-10-9-17(14-25)12-22(24)23-21/h3-13,25H,14H2,1-2H3. The molecule has 4 aromatic rings. The fourth-order valence-corrected chi connectivity index (χ4v) is 3.02. The molecule has 0 atom stereocenters. The number of rotatable bonds is 3. The number of pyridine rings is 1. The second-order valence-corrected chi connectivity index (χ2v) is 6.46. The van der Waals surface area contributed by atoms with E-state index in [1.807, 2.05) is 28.9 Å². The van der Waals surface area contributed by atoms with Crippen LogP contribution in [0.5, 0.6) is 0 Å². The normalized spacial score (nSPS) is 11.2. The highest BCUT2D eigenvalue weighted by Crippen LogP contribution is 2.26. The van der Waals surface area contributed by atoms with E-state index >= 15 is 0 Å². The zero-order valence-corrected chi connectivity index (χ0v) is 14.4. The van der Waals surface area contributed by atoms with E-state index in [-0.39, 0.29) is 6.61 Å². The van der Waals surface area contributed by atoms with Crippen molar-refractivity contribution >= 4 is 5.65 Å². The van der Waals surface area contributed by atoms with Gasteiger partial charge in [0.2, 0.25) is 0 Å². The highest BCUT2D eigenvalue weighted by molar-refractivity contribution is 5.70. The lowest BCUT2D eigenvalue weighted by Crippen LogP contribution is -1.87. The number of aryl methyl sites for hydroxylation is 2. The minimum atomic E-state index is 0.0311. The molecule has 3 nitrogen and oxygen atoms in total. The lowest BCUT2D eigenvalue weighted by Gasteiger charge is -2.06. The highest BCUT2D eigenvalue weighted by Gasteiger charge is 2.06. The second-order valence-electron chi connectivity index (χ2n) is 6.46. The molecular weight excluding hydrogens is 308 g/mol. The molecule has 0 bridgehead atoms. The smallest absolute Gasteiger partial charge is 0.137 e. The summed E-state index contributed by atoms with van der Waals surface area (Å²) < 4.78 is 1.98. The first kappa shape index (κ1) is 15.6. The lowest BCUT2D eigenvalue weighted by atomic mass is 9.99. The number of imidazole rings is 1. The van der Waals surface area contributed by atoms with Crippen LogP contribution in [0.15, 0.2) is 67.0 Å². The molecule has 0 radical (unpaired) electrons. The first-order chi connectivity index (χ1) is 12.1. The summed E-state index contributed by atoms with van der Waals surface area (Å²) in [6, 6.07) is 18.9. The molecule has 124 valence electrons. The average Bonchev–Trinajstić information content (AvgIpc) is 3.07. The monoisotopic (exact) mass is 328 g/mol. The van der Waals surface area contributed by atoms with Crippen molar-refractivity contribution in [1.29, 1.82) is 0 Å². The van der Waals surface area contributed by atoms with Gasteiger partial charge in [-0.1, -0.05) is 42.5 Å². The van der Waals surface area contributed by atoms with E-state index in [0.29, 0.717) is 0 Å². The van der Waals surface area contributed by atoms with Crippen molar-refractivity contribution in [3.63, 3.8) is 0 Å². The molecule has 0 aliphatic rings. The highest BCUT2D eigenvalue weighted by atomic mass is 16.3. The van der Waals surface area contributed by atoms with Gasteiger partial charge in [0.1, 0.15) is 5.65 Å². The summed E-state index contributed by atoms with van der Waals surface area (Å²) in [4.78, 5) is 4.67. The zero-order chi connectivity index (χ0) is 17.4. The van der Waals surface area contributed by atoms with Crippen molar-refractivity contribution in [1.82, 2.24) is 9.38 Å². The topological polar surface area (TPSA) is 37.5 Å². The van der Waals surface area contributed by atoms with E-state index < -0.39 is 0 Å². The Morgan fingerprint density at radius 2 is 1.56 bits per heavy atom. The molecule has 0 spiro atoms. The molecule has 0 unspecified atom stereocenters. The van der Waals surface area contributed by atoms with Crippen molar-refractivity contribution in [2.45, 2.75) is 20.5 Å². The van der Waals surface area contributed by atoms with Gasteiger partial charge in [-0.2, -0.15) is 0 Å². The number of hydrogen-bond acceptors (Lipinski definition) is 2. The molecule has 2 heterocycles. The quantitative estimate of drug-likeness (QED) is 0.588. The number of aliphatic hydroxyl groups excluding tert-OH is 1. The van der Waals surface area contributed by atoms with Crippen LogP contribution in [0.2, 0.25) is 0 Å². The third-order valence-corrected chi connectivity index (χ3v) is 4.73. The predicted molar refractivity (Wildman–Crippen MR) is 101 cm³/mol. The first-order valence-electron chi connectivity index (χ1n) is 8.40. The molecule has 2 aromatic carbocycles. The maximum absolute atomic E-state index is 9.26. The Kier molecular flexibility index (Phi) is 3.86. The fraction of sp³-hybridized carbons (Fsp3) is 0.136. The molecular formula is C22H20N2O. The summed E-state index contributed by atoms with van der Waals surface area (Å²) in [7, 11) is 0. The van der Waals surface area contributed by atoms with Crippen LogP contribution in [0.4, 0.5) is 0 Å². The third-order valence-electron chi connectivity index (χ3n) is 4.73. The van der Waals surface area contributed by atoms with Gasteiger partial charge < -0.3 is 9.51 Å². The van der Waals surface area contributed by atoms with Gasteiger partial charge in [0.05, 0.1) is 12.3 Å². The van der Waals surface area contributed by atoms with E-state index in [2.05, 4.69) is 61.3 Å². The number of aliphatic hydroxyl groups is 1. The van der Waals surface area contributed by atoms with Gasteiger partial charge in [-0.15, -0.1) is 0 Å². The Morgan fingerprint density at radius 1 is 0.840 bits per heavy atom. The molecule has 25 heavy (non-hydrogen) atoms. The van der Waals surface area contributed by atoms with Crippen LogP contribution in [-0.2, 0) is 6.61 Å². The first-order valence-corrected chi connectivity index (χ1v) is 8.40. The maximum Gasteiger partial charge on any atom is 0.137 e. The molecule has 0 saturated carbocycles. The van der Waals surface area contributed by atoms with Gasteiger partial charge in [0.25, 0.3) is 0 Å². The van der Waals surface area contributed by atoms with Crippen LogP contribution in [0.25, 0.3) is 28.0 Å². The molecule has 0 aliphatic carbocycles. The van der Waals surface area contributed by atoms with Gasteiger partial charge >= 0.3 is 0 Å². The number of aromatic nitrogens is 2. The van der Waals surface area contributed by atoms with Gasteiger partial charge in [0.15, 0.2) is 0 Å². The Morgan fingerprint density at radius 3 is 2.28 bits per heavy atom. The number of hydrogen-bond donors (Lipinski definition) is 1. The Balaban J connectivity index is 1.68. The van der Waals surface area contributed by atoms with Crippen molar-refractivity contribution in [2.24, 2.45) is 0 Å². The van der Waals surface area contributed by atoms with E-state index in [1.54, 1.807) is 0 Å². The molecule has 2 aromatic heterocycles. The van der Waals surface area contributed by atoms with Crippen molar-refractivity contribution in [2.75, 3.05) is 0 Å². The largest absolute Gasteiger partial charge is 0.392 e. The predicted octanol–water partition coefficient (Wildman–Crippen LogP) is 4.78. The van der Waals surface area contributed by atoms with Gasteiger partial charge in [-0.25, -0.2) is 4.98 Å². The molecule has 0 saturated heterocycles. The Labute approximate surface area is 147 Å². The van der Waals surface area contributed by atoms with Gasteiger partial charge in [-0.05, 0) is 53.8 Å². The number of nitrogens with zero attached hydrogens (tertiary/aromatic N) is 2. The summed E-state index contributed by atoms with van der Waals surface area (Å²) in [5, 5.41) is 9.26. The molecule has 3 heteroatoms. The number of benzene rings is 2. The van der Waals surface area contributed by atoms with Crippen LogP contribution < -0.4 is 0 Å². The molecule has 0 fully saturated rings. The van der Waals surface area contributed by atoms with Crippen molar-refractivity contribution in [3.8, 4) is 22.4 Å². The van der Waals surface area contributed by atoms with Crippen molar-refractivity contribution in [3.05, 3.63) is 83.7 Å². The van der Waals surface area contributed by atoms with Crippen LogP contribution in [0.3, 0.4) is 0 Å². The maximum atomic E-state index is 9.26. The van der Waals surface area contributed by atoms with Gasteiger partial charge in [0, 0.05) is 18.0 Å². The Bertz CT molecular complexity index is 1050. The van der Waals surface area contributed by atoms with Crippen molar-refractivity contribution < 1.29 is 5.11 Å². The number of fused-ring (bicyclic) bond motifs is 1. The van der Waals surface area contributed by atoms with E-state index in [4.69, 9.17) is 0 Å². The zero-order valence-electron chi connectivity index (χ0n) is 14.4. The van der Waals surface area contributed by atoms with Crippen LogP contribution in [0, 0.1) is 13.8 Å². The SMILES string of the molecule is Cc1ccc(-c2ccc(-c3cn4ccc(CO)cc4n3)cc2)cc1C. The van der Waals surface area contributed by atoms with E-state index in [0.717, 1.165) is 22.5 Å². The molecule has 4 rings (SSSR count). The fourth-order valence-electron chi connectivity index (χ4n) is 3.02. The van der Waals surface area contributed by atoms with Crippen LogP contribution in [0.1, 0.15) is 16.7 Å². The molecule has 0 aliphatic heterocycles. The summed E-state index contributed by atoms with van der Waals surface area (Å²) >= 11 is 0. The third kappa shape index (κ3) is 2.94. The lowest BCUT2D eigenvalue weighted by molar-refractivity contribution is 0.282. The van der Waals surface area contributed by atoms with Gasteiger partial charge in [-0.3, -0.25) is 0 Å². The minimum absolute atomic E-state index is 0.0311. The summed E-state index contributed by atoms with van der Waals surface area (Å²) in [5.74, 6) is 0. The average molecular weight is 328 g/mol.